The number of hydrogen-bond donors (Lipinski definition) is 0. The number of nitro groups is 1. The minimum absolute atomic E-state index is 0.0517. The van der Waals surface area contributed by atoms with Crippen molar-refractivity contribution in [3.05, 3.63) is 87.1 Å². The van der Waals surface area contributed by atoms with Crippen molar-refractivity contribution in [2.24, 2.45) is 4.99 Å². The summed E-state index contributed by atoms with van der Waals surface area (Å²) in [5, 5.41) is 10.8. The van der Waals surface area contributed by atoms with Gasteiger partial charge in [0.25, 0.3) is 5.69 Å². The van der Waals surface area contributed by atoms with Crippen molar-refractivity contribution >= 4 is 29.7 Å². The van der Waals surface area contributed by atoms with E-state index < -0.39 is 10.9 Å². The summed E-state index contributed by atoms with van der Waals surface area (Å²) in [7, 11) is 0. The third-order valence-electron chi connectivity index (χ3n) is 3.52. The number of ether oxygens (including phenoxy) is 1. The van der Waals surface area contributed by atoms with Crippen LogP contribution >= 0.6 is 0 Å². The van der Waals surface area contributed by atoms with Gasteiger partial charge in [0.05, 0.1) is 4.92 Å². The standard InChI is InChI=1S/C19H14N2O4/c1-13-5-7-14(8-6-13)9-10-18-20-17(19(22)25-18)12-15-3-2-4-16(11-15)21(23)24/h2-12H,1H3. The van der Waals surface area contributed by atoms with Crippen molar-refractivity contribution in [1.82, 2.24) is 0 Å². The average molecular weight is 334 g/mol. The van der Waals surface area contributed by atoms with Gasteiger partial charge in [0.15, 0.2) is 5.70 Å². The zero-order chi connectivity index (χ0) is 17.8. The minimum atomic E-state index is -0.588. The Labute approximate surface area is 143 Å². The van der Waals surface area contributed by atoms with Gasteiger partial charge in [-0.25, -0.2) is 9.79 Å². The second-order valence-corrected chi connectivity index (χ2v) is 5.47. The van der Waals surface area contributed by atoms with Gasteiger partial charge in [-0.2, -0.15) is 0 Å². The summed E-state index contributed by atoms with van der Waals surface area (Å²) in [5.41, 5.74) is 2.67. The van der Waals surface area contributed by atoms with Gasteiger partial charge in [0.1, 0.15) is 0 Å². The van der Waals surface area contributed by atoms with E-state index in [9.17, 15) is 14.9 Å². The minimum Gasteiger partial charge on any atom is -0.403 e. The molecule has 1 aliphatic rings. The van der Waals surface area contributed by atoms with Crippen LogP contribution in [-0.4, -0.2) is 16.8 Å². The van der Waals surface area contributed by atoms with E-state index in [1.54, 1.807) is 24.3 Å². The van der Waals surface area contributed by atoms with Crippen LogP contribution in [0, 0.1) is 17.0 Å². The summed E-state index contributed by atoms with van der Waals surface area (Å²) < 4.78 is 5.09. The molecule has 0 radical (unpaired) electrons. The van der Waals surface area contributed by atoms with Crippen LogP contribution in [0.15, 0.2) is 65.3 Å². The van der Waals surface area contributed by atoms with E-state index in [0.717, 1.165) is 11.1 Å². The van der Waals surface area contributed by atoms with E-state index in [1.807, 2.05) is 31.2 Å². The van der Waals surface area contributed by atoms with E-state index in [-0.39, 0.29) is 17.3 Å². The van der Waals surface area contributed by atoms with Crippen molar-refractivity contribution in [2.75, 3.05) is 0 Å². The number of carbonyl (C=O) groups excluding carboxylic acids is 1. The monoisotopic (exact) mass is 334 g/mol. The molecule has 0 fully saturated rings. The molecule has 25 heavy (non-hydrogen) atoms. The molecule has 0 N–H and O–H groups in total. The molecule has 0 saturated carbocycles. The average Bonchev–Trinajstić information content (AvgIpc) is 2.94. The van der Waals surface area contributed by atoms with E-state index >= 15 is 0 Å². The molecule has 0 aromatic heterocycles. The predicted molar refractivity (Wildman–Crippen MR) is 94.8 cm³/mol. The van der Waals surface area contributed by atoms with Crippen molar-refractivity contribution in [3.63, 3.8) is 0 Å². The number of carbonyl (C=O) groups is 1. The van der Waals surface area contributed by atoms with Gasteiger partial charge < -0.3 is 4.74 Å². The zero-order valence-corrected chi connectivity index (χ0v) is 13.4. The topological polar surface area (TPSA) is 81.8 Å². The molecule has 0 spiro atoms. The highest BCUT2D eigenvalue weighted by atomic mass is 16.6. The smallest absolute Gasteiger partial charge is 0.363 e. The fourth-order valence-electron chi connectivity index (χ4n) is 2.23. The molecule has 0 atom stereocenters. The fraction of sp³-hybridized carbons (Fsp3) is 0.0526. The molecule has 3 rings (SSSR count). The number of esters is 1. The van der Waals surface area contributed by atoms with Gasteiger partial charge in [-0.15, -0.1) is 0 Å². The highest BCUT2D eigenvalue weighted by Crippen LogP contribution is 2.19. The van der Waals surface area contributed by atoms with Crippen molar-refractivity contribution in [1.29, 1.82) is 0 Å². The number of aryl methyl sites for hydroxylation is 1. The Morgan fingerprint density at radius 1 is 1.08 bits per heavy atom. The van der Waals surface area contributed by atoms with Crippen LogP contribution < -0.4 is 0 Å². The molecule has 2 aromatic rings. The molecule has 124 valence electrons. The maximum absolute atomic E-state index is 11.9. The number of cyclic esters (lactones) is 1. The highest BCUT2D eigenvalue weighted by Gasteiger charge is 2.21. The van der Waals surface area contributed by atoms with Crippen LogP contribution in [0.1, 0.15) is 16.7 Å². The number of aliphatic imine (C=N–C) groups is 1. The number of non-ortho nitro benzene ring substituents is 1. The van der Waals surface area contributed by atoms with Gasteiger partial charge in [-0.3, -0.25) is 10.1 Å². The van der Waals surface area contributed by atoms with Crippen LogP contribution in [0.5, 0.6) is 0 Å². The van der Waals surface area contributed by atoms with Gasteiger partial charge in [-0.1, -0.05) is 42.0 Å². The highest BCUT2D eigenvalue weighted by molar-refractivity contribution is 6.11. The lowest BCUT2D eigenvalue weighted by molar-refractivity contribution is -0.384. The SMILES string of the molecule is Cc1ccc(C=CC2=NC(=Cc3cccc([N+](=O)[O-])c3)C(=O)O2)cc1. The van der Waals surface area contributed by atoms with E-state index in [0.29, 0.717) is 5.56 Å². The molecule has 1 heterocycles. The second-order valence-electron chi connectivity index (χ2n) is 5.47. The molecule has 0 saturated heterocycles. The maximum Gasteiger partial charge on any atom is 0.363 e. The summed E-state index contributed by atoms with van der Waals surface area (Å²) in [6, 6.07) is 13.8. The predicted octanol–water partition coefficient (Wildman–Crippen LogP) is 3.91. The Kier molecular flexibility index (Phi) is 4.52. The molecular weight excluding hydrogens is 320 g/mol. The second kappa shape index (κ2) is 6.92. The first-order chi connectivity index (χ1) is 12.0. The Bertz CT molecular complexity index is 925. The first-order valence-electron chi connectivity index (χ1n) is 7.53. The normalized spacial score (nSPS) is 15.5. The summed E-state index contributed by atoms with van der Waals surface area (Å²) >= 11 is 0. The third kappa shape index (κ3) is 4.06. The number of hydrogen-bond acceptors (Lipinski definition) is 5. The summed E-state index contributed by atoms with van der Waals surface area (Å²) in [6.07, 6.45) is 4.86. The van der Waals surface area contributed by atoms with Crippen LogP contribution in [-0.2, 0) is 9.53 Å². The van der Waals surface area contributed by atoms with Crippen molar-refractivity contribution in [2.45, 2.75) is 6.92 Å². The van der Waals surface area contributed by atoms with E-state index in [2.05, 4.69) is 4.99 Å². The van der Waals surface area contributed by atoms with Gasteiger partial charge in [0, 0.05) is 18.2 Å². The van der Waals surface area contributed by atoms with Crippen molar-refractivity contribution in [3.8, 4) is 0 Å². The maximum atomic E-state index is 11.9. The van der Waals surface area contributed by atoms with E-state index in [1.165, 1.54) is 18.2 Å². The Balaban J connectivity index is 1.81. The van der Waals surface area contributed by atoms with Gasteiger partial charge >= 0.3 is 5.97 Å². The lowest BCUT2D eigenvalue weighted by Crippen LogP contribution is -2.01. The van der Waals surface area contributed by atoms with Crippen LogP contribution in [0.2, 0.25) is 0 Å². The fourth-order valence-corrected chi connectivity index (χ4v) is 2.23. The molecule has 0 unspecified atom stereocenters. The summed E-state index contributed by atoms with van der Waals surface area (Å²) in [5.74, 6) is -0.405. The Hall–Kier alpha value is -3.54. The lowest BCUT2D eigenvalue weighted by Gasteiger charge is -1.95. The lowest BCUT2D eigenvalue weighted by atomic mass is 10.1. The van der Waals surface area contributed by atoms with Crippen LogP contribution in [0.4, 0.5) is 5.69 Å². The van der Waals surface area contributed by atoms with Gasteiger partial charge in [-0.05, 0) is 30.2 Å². The van der Waals surface area contributed by atoms with E-state index in [4.69, 9.17) is 4.74 Å². The molecular formula is C19H14N2O4. The first kappa shape index (κ1) is 16.3. The van der Waals surface area contributed by atoms with Crippen molar-refractivity contribution < 1.29 is 14.5 Å². The molecule has 0 aliphatic carbocycles. The molecule has 0 amide bonds. The molecule has 6 nitrogen and oxygen atoms in total. The first-order valence-corrected chi connectivity index (χ1v) is 7.53. The number of benzene rings is 2. The van der Waals surface area contributed by atoms with Crippen LogP contribution in [0.25, 0.3) is 12.2 Å². The third-order valence-corrected chi connectivity index (χ3v) is 3.52. The summed E-state index contributed by atoms with van der Waals surface area (Å²) in [4.78, 5) is 26.3. The zero-order valence-electron chi connectivity index (χ0n) is 13.4. The quantitative estimate of drug-likeness (QED) is 0.367. The Morgan fingerprint density at radius 2 is 1.84 bits per heavy atom. The number of rotatable bonds is 4. The summed E-state index contributed by atoms with van der Waals surface area (Å²) in [6.45, 7) is 2.00. The molecule has 2 aromatic carbocycles. The molecule has 6 heteroatoms. The Morgan fingerprint density at radius 3 is 2.56 bits per heavy atom. The van der Waals surface area contributed by atoms with Crippen LogP contribution in [0.3, 0.4) is 0 Å². The molecule has 0 bridgehead atoms. The largest absolute Gasteiger partial charge is 0.403 e. The number of nitrogens with zero attached hydrogens (tertiary/aromatic N) is 2. The van der Waals surface area contributed by atoms with Gasteiger partial charge in [0.2, 0.25) is 5.90 Å². The molecule has 1 aliphatic heterocycles. The number of nitro benzene ring substituents is 1.